The minimum atomic E-state index is -0.671. The highest BCUT2D eigenvalue weighted by atomic mass is 16.7. The van der Waals surface area contributed by atoms with Crippen LogP contribution in [0.3, 0.4) is 0 Å². The molecule has 12 nitrogen and oxygen atoms in total. The summed E-state index contributed by atoms with van der Waals surface area (Å²) in [5, 5.41) is 3.28. The molecule has 6 aliphatic rings. The van der Waals surface area contributed by atoms with Gasteiger partial charge in [-0.3, -0.25) is 19.2 Å². The molecule has 1 N–H and O–H groups in total. The van der Waals surface area contributed by atoms with Crippen molar-refractivity contribution in [2.45, 2.75) is 134 Å². The number of allylic oxidation sites excluding steroid dienone is 2. The molecule has 49 heavy (non-hydrogen) atoms. The Kier molecular flexibility index (Phi) is 11.2. The Morgan fingerprint density at radius 1 is 0.939 bits per heavy atom. The summed E-state index contributed by atoms with van der Waals surface area (Å²) in [4.78, 5) is 53.1. The average Bonchev–Trinajstić information content (AvgIpc) is 3.76. The smallest absolute Gasteiger partial charge is 0.306 e. The van der Waals surface area contributed by atoms with Gasteiger partial charge in [0, 0.05) is 46.6 Å². The van der Waals surface area contributed by atoms with E-state index in [-0.39, 0.29) is 90.2 Å². The molecule has 274 valence electrons. The molecule has 0 bridgehead atoms. The monoisotopic (exact) mass is 689 g/mol. The van der Waals surface area contributed by atoms with Crippen molar-refractivity contribution in [2.24, 2.45) is 41.4 Å². The first kappa shape index (κ1) is 36.4. The highest BCUT2D eigenvalue weighted by Crippen LogP contribution is 2.60. The molecule has 3 aliphatic carbocycles. The lowest BCUT2D eigenvalue weighted by molar-refractivity contribution is -0.314. The molecule has 6 rings (SSSR count). The minimum absolute atomic E-state index is 0.000965. The van der Waals surface area contributed by atoms with Gasteiger partial charge in [-0.25, -0.2) is 0 Å². The molecule has 0 aromatic heterocycles. The number of hydrogen-bond donors (Lipinski definition) is 1. The van der Waals surface area contributed by atoms with E-state index in [2.05, 4.69) is 11.4 Å². The van der Waals surface area contributed by atoms with Gasteiger partial charge in [-0.1, -0.05) is 19.9 Å². The lowest BCUT2D eigenvalue weighted by Crippen LogP contribution is -2.59. The fourth-order valence-electron chi connectivity index (χ4n) is 10.4. The second-order valence-electron chi connectivity index (χ2n) is 15.2. The van der Waals surface area contributed by atoms with E-state index in [0.29, 0.717) is 37.7 Å². The molecule has 0 aromatic rings. The highest BCUT2D eigenvalue weighted by Gasteiger charge is 2.61. The summed E-state index contributed by atoms with van der Waals surface area (Å²) >= 11 is 0. The van der Waals surface area contributed by atoms with Crippen LogP contribution in [0.15, 0.2) is 11.6 Å². The maximum Gasteiger partial charge on any atom is 0.306 e. The van der Waals surface area contributed by atoms with Crippen LogP contribution >= 0.6 is 0 Å². The number of rotatable bonds is 7. The molecule has 3 saturated heterocycles. The largest absolute Gasteiger partial charge is 0.462 e. The number of cyclic esters (lactones) is 1. The van der Waals surface area contributed by atoms with Gasteiger partial charge < -0.3 is 38.5 Å². The van der Waals surface area contributed by atoms with E-state index in [1.54, 1.807) is 21.3 Å². The second kappa shape index (κ2) is 15.1. The van der Waals surface area contributed by atoms with Gasteiger partial charge in [0.05, 0.1) is 24.5 Å². The molecule has 3 heterocycles. The fourth-order valence-corrected chi connectivity index (χ4v) is 10.4. The summed E-state index contributed by atoms with van der Waals surface area (Å²) in [5.41, 5.74) is 0.604. The Balaban J connectivity index is 1.31. The first-order chi connectivity index (χ1) is 23.5. The molecule has 0 aromatic carbocycles. The van der Waals surface area contributed by atoms with Crippen molar-refractivity contribution in [3.63, 3.8) is 0 Å². The number of carbonyl (C=O) groups is 4. The van der Waals surface area contributed by atoms with Crippen LogP contribution < -0.4 is 5.32 Å². The molecule has 0 radical (unpaired) electrons. The first-order valence-corrected chi connectivity index (χ1v) is 18.3. The van der Waals surface area contributed by atoms with Crippen LogP contribution in [-0.2, 0) is 52.3 Å². The first-order valence-electron chi connectivity index (χ1n) is 18.3. The zero-order valence-corrected chi connectivity index (χ0v) is 30.0. The quantitative estimate of drug-likeness (QED) is 0.392. The van der Waals surface area contributed by atoms with Crippen LogP contribution in [0.1, 0.15) is 79.1 Å². The number of nitrogens with one attached hydrogen (secondary N) is 1. The fraction of sp³-hybridized carbons (Fsp3) is 0.838. The molecule has 16 atom stereocenters. The Labute approximate surface area is 289 Å². The van der Waals surface area contributed by atoms with Gasteiger partial charge in [-0.15, -0.1) is 0 Å². The molecule has 2 saturated carbocycles. The Bertz CT molecular complexity index is 1290. The average molecular weight is 690 g/mol. The van der Waals surface area contributed by atoms with E-state index in [1.165, 1.54) is 6.92 Å². The van der Waals surface area contributed by atoms with E-state index < -0.39 is 36.3 Å². The highest BCUT2D eigenvalue weighted by molar-refractivity contribution is 5.99. The zero-order valence-electron chi connectivity index (χ0n) is 30.0. The minimum Gasteiger partial charge on any atom is -0.462 e. The molecule has 12 heteroatoms. The van der Waals surface area contributed by atoms with Gasteiger partial charge in [-0.05, 0) is 80.6 Å². The number of fused-ring (bicyclic) bond motifs is 8. The third-order valence-electron chi connectivity index (χ3n) is 12.6. The summed E-state index contributed by atoms with van der Waals surface area (Å²) in [7, 11) is 4.87. The van der Waals surface area contributed by atoms with Crippen LogP contribution in [-0.4, -0.2) is 100 Å². The van der Waals surface area contributed by atoms with E-state index in [1.807, 2.05) is 20.8 Å². The predicted octanol–water partition coefficient (Wildman–Crippen LogP) is 3.53. The van der Waals surface area contributed by atoms with Crippen LogP contribution in [0.5, 0.6) is 0 Å². The number of carbonyl (C=O) groups excluding carboxylic acids is 4. The van der Waals surface area contributed by atoms with Crippen molar-refractivity contribution >= 4 is 23.6 Å². The van der Waals surface area contributed by atoms with Crippen molar-refractivity contribution < 1.29 is 52.3 Å². The van der Waals surface area contributed by atoms with Crippen molar-refractivity contribution in [2.75, 3.05) is 21.3 Å². The van der Waals surface area contributed by atoms with Crippen molar-refractivity contribution in [1.82, 2.24) is 5.32 Å². The molecular weight excluding hydrogens is 634 g/mol. The van der Waals surface area contributed by atoms with E-state index in [4.69, 9.17) is 33.2 Å². The maximum absolute atomic E-state index is 14.4. The van der Waals surface area contributed by atoms with E-state index >= 15 is 0 Å². The third-order valence-corrected chi connectivity index (χ3v) is 12.6. The number of ketones is 1. The number of amides is 1. The predicted molar refractivity (Wildman–Crippen MR) is 175 cm³/mol. The van der Waals surface area contributed by atoms with Crippen LogP contribution in [0.4, 0.5) is 0 Å². The number of methoxy groups -OCH3 is 3. The number of Topliss-reactive ketones (excluding diaryl/α,β-unsaturated/α-hetero) is 1. The summed E-state index contributed by atoms with van der Waals surface area (Å²) in [6.45, 7) is 7.13. The van der Waals surface area contributed by atoms with Crippen LogP contribution in [0.25, 0.3) is 0 Å². The van der Waals surface area contributed by atoms with Gasteiger partial charge >= 0.3 is 11.9 Å². The molecule has 0 spiro atoms. The second-order valence-corrected chi connectivity index (χ2v) is 15.2. The van der Waals surface area contributed by atoms with Gasteiger partial charge in [0.15, 0.2) is 12.1 Å². The number of esters is 2. The molecule has 5 fully saturated rings. The van der Waals surface area contributed by atoms with Crippen molar-refractivity contribution in [1.29, 1.82) is 0 Å². The van der Waals surface area contributed by atoms with Gasteiger partial charge in [0.1, 0.15) is 30.5 Å². The summed E-state index contributed by atoms with van der Waals surface area (Å²) in [6.07, 6.45) is 3.37. The third kappa shape index (κ3) is 6.97. The Morgan fingerprint density at radius 2 is 1.65 bits per heavy atom. The van der Waals surface area contributed by atoms with Gasteiger partial charge in [0.2, 0.25) is 5.91 Å². The molecule has 5 unspecified atom stereocenters. The van der Waals surface area contributed by atoms with Gasteiger partial charge in [-0.2, -0.15) is 0 Å². The topological polar surface area (TPSA) is 145 Å². The van der Waals surface area contributed by atoms with Crippen LogP contribution in [0.2, 0.25) is 0 Å². The van der Waals surface area contributed by atoms with Gasteiger partial charge in [0.25, 0.3) is 0 Å². The van der Waals surface area contributed by atoms with E-state index in [0.717, 1.165) is 12.8 Å². The van der Waals surface area contributed by atoms with Crippen molar-refractivity contribution in [3.8, 4) is 0 Å². The summed E-state index contributed by atoms with van der Waals surface area (Å²) in [6, 6.07) is -0.177. The normalized spacial score (nSPS) is 45.4. The van der Waals surface area contributed by atoms with E-state index in [9.17, 15) is 19.2 Å². The van der Waals surface area contributed by atoms with Crippen molar-refractivity contribution in [3.05, 3.63) is 11.6 Å². The number of hydrogen-bond acceptors (Lipinski definition) is 11. The molecular formula is C37H55NO11. The molecule has 3 aliphatic heterocycles. The Morgan fingerprint density at radius 3 is 2.33 bits per heavy atom. The lowest BCUT2D eigenvalue weighted by Gasteiger charge is -2.46. The Hall–Kier alpha value is -2.38. The summed E-state index contributed by atoms with van der Waals surface area (Å²) < 4.78 is 42.1. The number of ether oxygens (including phenoxy) is 7. The SMILES string of the molecule is CC[C@H]1CCC[C@H](OC(C)=O)[C@@H](C)C(=O)C2=C[C@H]3[C@@H]4C[C@H](O[C@@H]5OC(C)[C@H](OC)C(OC)C5OC)C[C@H]4C4CC(=O)NC4[C@H]3[C@@H]2CC(=O)O1. The van der Waals surface area contributed by atoms with Crippen LogP contribution in [0, 0.1) is 41.4 Å². The summed E-state index contributed by atoms with van der Waals surface area (Å²) in [5.74, 6) is -1.62. The molecule has 1 amide bonds. The lowest BCUT2D eigenvalue weighted by atomic mass is 9.59. The standard InChI is InChI=1S/C37H55NO11/c1-8-20-10-9-11-28(47-19(4)39)17(2)33(42)27-14-24-22-12-21(49-37-36(45-7)35(44-6)34(43-5)18(3)46-37)13-23(22)26-15-29(40)38-32(26)31(24)25(27)16-30(41)48-20/h14,17-18,20-26,28,31-32,34-37H,8-13,15-16H2,1-7H3,(H,38,40)/t17-,18?,20+,21+,22-,23-,24+,25-,26?,28+,31-,32?,34+,35?,36?,37+/m1/s1. The zero-order chi connectivity index (χ0) is 35.1. The maximum atomic E-state index is 14.4.